The van der Waals surface area contributed by atoms with Gasteiger partial charge in [-0.25, -0.2) is 9.50 Å². The lowest BCUT2D eigenvalue weighted by Crippen LogP contribution is -2.44. The highest BCUT2D eigenvalue weighted by Crippen LogP contribution is 2.25. The number of nitrogens with zero attached hydrogens (tertiary/aromatic N) is 5. The number of carbonyl (C=O) groups excluding carboxylic acids is 2. The van der Waals surface area contributed by atoms with Crippen molar-refractivity contribution in [3.63, 3.8) is 0 Å². The van der Waals surface area contributed by atoms with E-state index in [2.05, 4.69) is 20.4 Å². The molecule has 8 nitrogen and oxygen atoms in total. The maximum atomic E-state index is 13.2. The fourth-order valence-electron chi connectivity index (χ4n) is 3.97. The molecule has 11 heteroatoms. The van der Waals surface area contributed by atoms with Crippen molar-refractivity contribution in [2.24, 2.45) is 0 Å². The zero-order valence-electron chi connectivity index (χ0n) is 17.9. The Morgan fingerprint density at radius 3 is 2.59 bits per heavy atom. The summed E-state index contributed by atoms with van der Waals surface area (Å²) in [4.78, 5) is 36.7. The summed E-state index contributed by atoms with van der Waals surface area (Å²) in [5.41, 5.74) is 2.86. The second-order valence-electron chi connectivity index (χ2n) is 7.64. The predicted molar refractivity (Wildman–Crippen MR) is 126 cm³/mol. The SMILES string of the molecule is CSc1nc2nc(C)c(CC(=O)N3CCCC3C(=O)Nc3cc(Cl)cc(Cl)c3)c(C)n2n1. The van der Waals surface area contributed by atoms with Crippen molar-refractivity contribution in [1.82, 2.24) is 24.5 Å². The molecule has 0 radical (unpaired) electrons. The van der Waals surface area contributed by atoms with Crippen LogP contribution in [0, 0.1) is 13.8 Å². The van der Waals surface area contributed by atoms with Crippen LogP contribution >= 0.6 is 35.0 Å². The Morgan fingerprint density at radius 2 is 1.91 bits per heavy atom. The highest BCUT2D eigenvalue weighted by molar-refractivity contribution is 7.98. The highest BCUT2D eigenvalue weighted by atomic mass is 35.5. The number of nitrogens with one attached hydrogen (secondary N) is 1. The number of amides is 2. The minimum absolute atomic E-state index is 0.121. The third kappa shape index (κ3) is 4.55. The van der Waals surface area contributed by atoms with E-state index in [0.717, 1.165) is 23.4 Å². The van der Waals surface area contributed by atoms with E-state index in [1.165, 1.54) is 11.8 Å². The number of anilines is 1. The normalized spacial score (nSPS) is 16.0. The van der Waals surface area contributed by atoms with Crippen LogP contribution < -0.4 is 5.32 Å². The number of aryl methyl sites for hydroxylation is 2. The van der Waals surface area contributed by atoms with Crippen LogP contribution in [-0.2, 0) is 16.0 Å². The first kappa shape index (κ1) is 22.8. The van der Waals surface area contributed by atoms with E-state index in [1.807, 2.05) is 20.1 Å². The van der Waals surface area contributed by atoms with Crippen molar-refractivity contribution in [2.75, 3.05) is 18.1 Å². The average Bonchev–Trinajstić information content (AvgIpc) is 3.37. The summed E-state index contributed by atoms with van der Waals surface area (Å²) in [6.07, 6.45) is 3.40. The molecule has 1 atom stereocenters. The number of fused-ring (bicyclic) bond motifs is 1. The quantitative estimate of drug-likeness (QED) is 0.542. The molecule has 0 aliphatic carbocycles. The molecule has 0 spiro atoms. The molecule has 1 aliphatic rings. The van der Waals surface area contributed by atoms with Gasteiger partial charge in [-0.15, -0.1) is 5.10 Å². The van der Waals surface area contributed by atoms with Gasteiger partial charge in [-0.05, 0) is 51.1 Å². The van der Waals surface area contributed by atoms with Gasteiger partial charge in [0.25, 0.3) is 5.78 Å². The molecule has 2 amide bonds. The Balaban J connectivity index is 1.53. The van der Waals surface area contributed by atoms with Crippen molar-refractivity contribution in [3.8, 4) is 0 Å². The predicted octanol–water partition coefficient (Wildman–Crippen LogP) is 3.94. The number of halogens is 2. The largest absolute Gasteiger partial charge is 0.330 e. The zero-order valence-corrected chi connectivity index (χ0v) is 20.2. The van der Waals surface area contributed by atoms with Gasteiger partial charge in [0.05, 0.1) is 6.42 Å². The first-order valence-corrected chi connectivity index (χ1v) is 12.1. The summed E-state index contributed by atoms with van der Waals surface area (Å²) in [5.74, 6) is 0.139. The lowest BCUT2D eigenvalue weighted by atomic mass is 10.1. The fraction of sp³-hybridized carbons (Fsp3) is 0.381. The van der Waals surface area contributed by atoms with Crippen molar-refractivity contribution in [2.45, 2.75) is 44.3 Å². The maximum absolute atomic E-state index is 13.2. The number of benzene rings is 1. The van der Waals surface area contributed by atoms with Gasteiger partial charge >= 0.3 is 0 Å². The van der Waals surface area contributed by atoms with Gasteiger partial charge in [0, 0.05) is 39.2 Å². The standard InChI is InChI=1S/C21H22Cl2N6O2S/c1-11-16(12(2)29-20(24-11)26-21(27-29)32-3)10-18(30)28-6-4-5-17(28)19(31)25-15-8-13(22)7-14(23)9-15/h7-9,17H,4-6,10H2,1-3H3,(H,25,31). The lowest BCUT2D eigenvalue weighted by molar-refractivity contribution is -0.136. The summed E-state index contributed by atoms with van der Waals surface area (Å²) in [6, 6.07) is 4.30. The van der Waals surface area contributed by atoms with E-state index in [1.54, 1.807) is 27.6 Å². The minimum Gasteiger partial charge on any atom is -0.330 e. The van der Waals surface area contributed by atoms with E-state index in [9.17, 15) is 9.59 Å². The smallest absolute Gasteiger partial charge is 0.253 e. The zero-order chi connectivity index (χ0) is 23.0. The Hall–Kier alpha value is -2.36. The molecule has 1 aliphatic heterocycles. The molecule has 1 N–H and O–H groups in total. The molecule has 0 bridgehead atoms. The van der Waals surface area contributed by atoms with Crippen LogP contribution in [0.5, 0.6) is 0 Å². The van der Waals surface area contributed by atoms with E-state index in [-0.39, 0.29) is 18.2 Å². The van der Waals surface area contributed by atoms with Crippen molar-refractivity contribution >= 4 is 58.2 Å². The number of hydrogen-bond acceptors (Lipinski definition) is 6. The van der Waals surface area contributed by atoms with Crippen LogP contribution in [0.4, 0.5) is 5.69 Å². The summed E-state index contributed by atoms with van der Waals surface area (Å²) in [6.45, 7) is 4.29. The maximum Gasteiger partial charge on any atom is 0.253 e. The Labute approximate surface area is 199 Å². The van der Waals surface area contributed by atoms with E-state index in [0.29, 0.717) is 39.6 Å². The molecule has 32 heavy (non-hydrogen) atoms. The van der Waals surface area contributed by atoms with Gasteiger partial charge in [0.1, 0.15) is 6.04 Å². The summed E-state index contributed by atoms with van der Waals surface area (Å²) >= 11 is 13.5. The Bertz CT molecular complexity index is 1190. The monoisotopic (exact) mass is 492 g/mol. The first-order chi connectivity index (χ1) is 15.3. The number of aromatic nitrogens is 4. The van der Waals surface area contributed by atoms with Crippen molar-refractivity contribution < 1.29 is 9.59 Å². The van der Waals surface area contributed by atoms with E-state index >= 15 is 0 Å². The van der Waals surface area contributed by atoms with Crippen molar-refractivity contribution in [3.05, 3.63) is 45.2 Å². The number of likely N-dealkylation sites (tertiary alicyclic amines) is 1. The molecule has 3 heterocycles. The third-order valence-electron chi connectivity index (χ3n) is 5.55. The van der Waals surface area contributed by atoms with Gasteiger partial charge in [0.2, 0.25) is 17.0 Å². The molecule has 1 aromatic carbocycles. The molecule has 2 aromatic heterocycles. The second-order valence-corrected chi connectivity index (χ2v) is 9.29. The van der Waals surface area contributed by atoms with Gasteiger partial charge in [-0.1, -0.05) is 35.0 Å². The fourth-order valence-corrected chi connectivity index (χ4v) is 4.84. The van der Waals surface area contributed by atoms with Gasteiger partial charge in [-0.2, -0.15) is 4.98 Å². The van der Waals surface area contributed by atoms with E-state index < -0.39 is 6.04 Å². The Kier molecular flexibility index (Phi) is 6.60. The van der Waals surface area contributed by atoms with Gasteiger partial charge in [0.15, 0.2) is 0 Å². The second kappa shape index (κ2) is 9.25. The van der Waals surface area contributed by atoms with Crippen LogP contribution in [0.25, 0.3) is 5.78 Å². The summed E-state index contributed by atoms with van der Waals surface area (Å²) in [7, 11) is 0. The molecule has 1 fully saturated rings. The highest BCUT2D eigenvalue weighted by Gasteiger charge is 2.34. The molecule has 4 rings (SSSR count). The molecule has 0 saturated carbocycles. The minimum atomic E-state index is -0.549. The summed E-state index contributed by atoms with van der Waals surface area (Å²) < 4.78 is 1.67. The first-order valence-electron chi connectivity index (χ1n) is 10.1. The van der Waals surface area contributed by atoms with Crippen molar-refractivity contribution in [1.29, 1.82) is 0 Å². The topological polar surface area (TPSA) is 92.5 Å². The number of hydrogen-bond donors (Lipinski definition) is 1. The van der Waals surface area contributed by atoms with Gasteiger partial charge < -0.3 is 10.2 Å². The van der Waals surface area contributed by atoms with Crippen LogP contribution in [0.2, 0.25) is 10.0 Å². The van der Waals surface area contributed by atoms with Crippen LogP contribution in [0.15, 0.2) is 23.4 Å². The summed E-state index contributed by atoms with van der Waals surface area (Å²) in [5, 5.41) is 8.75. The average molecular weight is 493 g/mol. The van der Waals surface area contributed by atoms with E-state index in [4.69, 9.17) is 23.2 Å². The Morgan fingerprint density at radius 1 is 1.19 bits per heavy atom. The lowest BCUT2D eigenvalue weighted by Gasteiger charge is -2.24. The molecule has 1 saturated heterocycles. The molecular formula is C21H22Cl2N6O2S. The molecule has 168 valence electrons. The molecule has 1 unspecified atom stereocenters. The van der Waals surface area contributed by atoms with Crippen LogP contribution in [-0.4, -0.2) is 55.1 Å². The number of thioether (sulfide) groups is 1. The van der Waals surface area contributed by atoms with Crippen LogP contribution in [0.1, 0.15) is 29.8 Å². The number of carbonyl (C=O) groups is 2. The molecular weight excluding hydrogens is 471 g/mol. The molecule has 3 aromatic rings. The van der Waals surface area contributed by atoms with Crippen LogP contribution in [0.3, 0.4) is 0 Å². The third-order valence-corrected chi connectivity index (χ3v) is 6.52. The van der Waals surface area contributed by atoms with Gasteiger partial charge in [-0.3, -0.25) is 9.59 Å². The number of rotatable bonds is 5.